The minimum Gasteiger partial charge on any atom is -0.507 e. The summed E-state index contributed by atoms with van der Waals surface area (Å²) >= 11 is 12.5. The van der Waals surface area contributed by atoms with Crippen LogP contribution in [0.3, 0.4) is 0 Å². The molecule has 3 aromatic carbocycles. The summed E-state index contributed by atoms with van der Waals surface area (Å²) in [4.78, 5) is 30.2. The maximum absolute atomic E-state index is 13.4. The summed E-state index contributed by atoms with van der Waals surface area (Å²) in [6, 6.07) is 16.8. The van der Waals surface area contributed by atoms with Crippen molar-refractivity contribution in [3.63, 3.8) is 0 Å². The van der Waals surface area contributed by atoms with Crippen LogP contribution in [-0.4, -0.2) is 49.5 Å². The summed E-state index contributed by atoms with van der Waals surface area (Å²) in [5.41, 5.74) is 2.46. The van der Waals surface area contributed by atoms with Crippen LogP contribution in [0.4, 0.5) is 5.69 Å². The van der Waals surface area contributed by atoms with E-state index in [4.69, 9.17) is 32.7 Å². The number of nitrogens with zero attached hydrogens (tertiary/aromatic N) is 2. The van der Waals surface area contributed by atoms with E-state index in [1.54, 1.807) is 0 Å². The lowest BCUT2D eigenvalue weighted by atomic mass is 9.94. The Bertz CT molecular complexity index is 1390. The van der Waals surface area contributed by atoms with Crippen molar-refractivity contribution in [3.8, 4) is 11.5 Å². The number of ether oxygens (including phenoxy) is 2. The molecule has 1 fully saturated rings. The van der Waals surface area contributed by atoms with Crippen LogP contribution in [0.1, 0.15) is 29.7 Å². The van der Waals surface area contributed by atoms with Crippen LogP contribution in [0, 0.1) is 0 Å². The minimum absolute atomic E-state index is 0.0739. The van der Waals surface area contributed by atoms with E-state index in [0.29, 0.717) is 17.9 Å². The molecular weight excluding hydrogens is 527 g/mol. The first-order valence-electron chi connectivity index (χ1n) is 12.0. The highest BCUT2D eigenvalue weighted by Crippen LogP contribution is 2.44. The van der Waals surface area contributed by atoms with Crippen molar-refractivity contribution in [2.24, 2.45) is 0 Å². The summed E-state index contributed by atoms with van der Waals surface area (Å²) in [6.45, 7) is 2.58. The lowest BCUT2D eigenvalue weighted by Crippen LogP contribution is -2.29. The maximum atomic E-state index is 13.4. The van der Waals surface area contributed by atoms with Gasteiger partial charge in [0.15, 0.2) is 0 Å². The quantitative estimate of drug-likeness (QED) is 0.206. The number of aliphatic hydroxyl groups excluding tert-OH is 1. The third-order valence-electron chi connectivity index (χ3n) is 6.32. The number of halogens is 2. The van der Waals surface area contributed by atoms with Gasteiger partial charge >= 0.3 is 0 Å². The number of hydrogen-bond acceptors (Lipinski definition) is 6. The number of carbonyl (C=O) groups is 2. The average Bonchev–Trinajstić information content (AvgIpc) is 3.14. The van der Waals surface area contributed by atoms with E-state index in [0.717, 1.165) is 11.3 Å². The molecule has 38 heavy (non-hydrogen) atoms. The SMILES string of the molecule is CCOc1ccc(CN2C(=O)C(=O)/C(=C(/O)c3cc(Cl)cc(Cl)c3OC)C2c2ccc(N(C)C)cc2)cc1. The molecule has 0 spiro atoms. The molecule has 0 saturated carbocycles. The number of benzene rings is 3. The Morgan fingerprint density at radius 3 is 2.26 bits per heavy atom. The summed E-state index contributed by atoms with van der Waals surface area (Å²) in [7, 11) is 5.23. The van der Waals surface area contributed by atoms with Crippen molar-refractivity contribution < 1.29 is 24.2 Å². The van der Waals surface area contributed by atoms with E-state index in [2.05, 4.69) is 0 Å². The first-order valence-corrected chi connectivity index (χ1v) is 12.7. The molecule has 1 aliphatic rings. The van der Waals surface area contributed by atoms with E-state index in [1.807, 2.05) is 74.4 Å². The van der Waals surface area contributed by atoms with Gasteiger partial charge < -0.3 is 24.4 Å². The van der Waals surface area contributed by atoms with Crippen LogP contribution >= 0.6 is 23.2 Å². The van der Waals surface area contributed by atoms with Crippen LogP contribution < -0.4 is 14.4 Å². The zero-order chi connectivity index (χ0) is 27.6. The van der Waals surface area contributed by atoms with Gasteiger partial charge in [-0.3, -0.25) is 9.59 Å². The fourth-order valence-corrected chi connectivity index (χ4v) is 5.06. The Balaban J connectivity index is 1.87. The smallest absolute Gasteiger partial charge is 0.295 e. The highest BCUT2D eigenvalue weighted by Gasteiger charge is 2.46. The van der Waals surface area contributed by atoms with Gasteiger partial charge in [0, 0.05) is 31.4 Å². The molecule has 0 aliphatic carbocycles. The Labute approximate surface area is 231 Å². The third kappa shape index (κ3) is 5.30. The third-order valence-corrected chi connectivity index (χ3v) is 6.82. The maximum Gasteiger partial charge on any atom is 0.295 e. The largest absolute Gasteiger partial charge is 0.507 e. The zero-order valence-electron chi connectivity index (χ0n) is 21.5. The molecule has 7 nitrogen and oxygen atoms in total. The van der Waals surface area contributed by atoms with E-state index < -0.39 is 23.5 Å². The molecule has 9 heteroatoms. The first kappa shape index (κ1) is 27.4. The zero-order valence-corrected chi connectivity index (χ0v) is 23.0. The molecule has 0 radical (unpaired) electrons. The Hall–Kier alpha value is -3.68. The number of likely N-dealkylation sites (tertiary alicyclic amines) is 1. The van der Waals surface area contributed by atoms with Gasteiger partial charge in [-0.2, -0.15) is 0 Å². The van der Waals surface area contributed by atoms with Gasteiger partial charge in [-0.1, -0.05) is 47.5 Å². The number of rotatable bonds is 8. The molecule has 0 bridgehead atoms. The second-order valence-electron chi connectivity index (χ2n) is 8.96. The van der Waals surface area contributed by atoms with Crippen LogP contribution in [-0.2, 0) is 16.1 Å². The van der Waals surface area contributed by atoms with Crippen molar-refractivity contribution in [2.75, 3.05) is 32.7 Å². The monoisotopic (exact) mass is 554 g/mol. The predicted molar refractivity (Wildman–Crippen MR) is 149 cm³/mol. The van der Waals surface area contributed by atoms with Gasteiger partial charge in [0.25, 0.3) is 11.7 Å². The average molecular weight is 555 g/mol. The summed E-state index contributed by atoms with van der Waals surface area (Å²) in [5.74, 6) is -1.10. The van der Waals surface area contributed by atoms with Gasteiger partial charge in [0.2, 0.25) is 0 Å². The molecule has 1 N–H and O–H groups in total. The molecule has 1 aliphatic heterocycles. The van der Waals surface area contributed by atoms with Gasteiger partial charge in [0.05, 0.1) is 35.9 Å². The van der Waals surface area contributed by atoms with E-state index in [-0.39, 0.29) is 33.5 Å². The summed E-state index contributed by atoms with van der Waals surface area (Å²) < 4.78 is 10.9. The number of hydrogen-bond donors (Lipinski definition) is 1. The minimum atomic E-state index is -0.861. The van der Waals surface area contributed by atoms with Crippen molar-refractivity contribution in [3.05, 3.63) is 93.0 Å². The Morgan fingerprint density at radius 1 is 1.03 bits per heavy atom. The highest BCUT2D eigenvalue weighted by atomic mass is 35.5. The van der Waals surface area contributed by atoms with Crippen molar-refractivity contribution in [2.45, 2.75) is 19.5 Å². The number of anilines is 1. The number of Topliss-reactive ketones (excluding diaryl/α,β-unsaturated/α-hetero) is 1. The fourth-order valence-electron chi connectivity index (χ4n) is 4.49. The number of amides is 1. The van der Waals surface area contributed by atoms with Gasteiger partial charge in [-0.05, 0) is 54.4 Å². The molecule has 1 atom stereocenters. The molecule has 1 unspecified atom stereocenters. The van der Waals surface area contributed by atoms with Gasteiger partial charge in [-0.25, -0.2) is 0 Å². The predicted octanol–water partition coefficient (Wildman–Crippen LogP) is 6.09. The molecule has 1 saturated heterocycles. The van der Waals surface area contributed by atoms with Gasteiger partial charge in [-0.15, -0.1) is 0 Å². The normalized spacial score (nSPS) is 16.6. The molecular formula is C29H28Cl2N2O5. The first-order chi connectivity index (χ1) is 18.2. The van der Waals surface area contributed by atoms with Crippen molar-refractivity contribution >= 4 is 46.3 Å². The Kier molecular flexibility index (Phi) is 8.19. The molecule has 0 aromatic heterocycles. The van der Waals surface area contributed by atoms with Crippen LogP contribution in [0.5, 0.6) is 11.5 Å². The number of carbonyl (C=O) groups excluding carboxylic acids is 2. The lowest BCUT2D eigenvalue weighted by molar-refractivity contribution is -0.140. The van der Waals surface area contributed by atoms with E-state index in [9.17, 15) is 14.7 Å². The second kappa shape index (κ2) is 11.4. The fraction of sp³-hybridized carbons (Fsp3) is 0.241. The van der Waals surface area contributed by atoms with Crippen molar-refractivity contribution in [1.82, 2.24) is 4.90 Å². The van der Waals surface area contributed by atoms with Crippen LogP contribution in [0.2, 0.25) is 10.0 Å². The van der Waals surface area contributed by atoms with E-state index >= 15 is 0 Å². The topological polar surface area (TPSA) is 79.3 Å². The second-order valence-corrected chi connectivity index (χ2v) is 9.80. The standard InChI is InChI=1S/C29H28Cl2N2O5/c1-5-38-21-12-6-17(7-13-21)16-33-25(18-8-10-20(11-9-18)32(2)3)24(27(35)29(33)36)26(34)22-14-19(30)15-23(31)28(22)37-4/h6-15,25,34H,5,16H2,1-4H3/b26-24+. The summed E-state index contributed by atoms with van der Waals surface area (Å²) in [5, 5.41) is 11.9. The Morgan fingerprint density at radius 2 is 1.68 bits per heavy atom. The molecule has 4 rings (SSSR count). The van der Waals surface area contributed by atoms with Crippen molar-refractivity contribution in [1.29, 1.82) is 0 Å². The lowest BCUT2D eigenvalue weighted by Gasteiger charge is -2.26. The summed E-state index contributed by atoms with van der Waals surface area (Å²) in [6.07, 6.45) is 0. The van der Waals surface area contributed by atoms with Crippen LogP contribution in [0.15, 0.2) is 66.2 Å². The number of methoxy groups -OCH3 is 1. The number of aliphatic hydroxyl groups is 1. The van der Waals surface area contributed by atoms with Gasteiger partial charge in [0.1, 0.15) is 17.3 Å². The van der Waals surface area contributed by atoms with E-state index in [1.165, 1.54) is 24.1 Å². The number of ketones is 1. The highest BCUT2D eigenvalue weighted by molar-refractivity contribution is 6.46. The molecule has 3 aromatic rings. The molecule has 198 valence electrons. The molecule has 1 amide bonds. The van der Waals surface area contributed by atoms with Crippen LogP contribution in [0.25, 0.3) is 5.76 Å². The molecule has 1 heterocycles.